The fraction of sp³-hybridized carbons (Fsp3) is 0.312. The van der Waals surface area contributed by atoms with Crippen molar-refractivity contribution in [3.63, 3.8) is 0 Å². The van der Waals surface area contributed by atoms with Crippen LogP contribution in [-0.2, 0) is 0 Å². The zero-order chi connectivity index (χ0) is 13.9. The molecular formula is C16H18N2OS. The lowest BCUT2D eigenvalue weighted by molar-refractivity contribution is 0.0679. The first kappa shape index (κ1) is 13.2. The Balaban J connectivity index is 1.70. The molecule has 1 unspecified atom stereocenters. The molecule has 1 fully saturated rings. The summed E-state index contributed by atoms with van der Waals surface area (Å²) in [5, 5.41) is 1.96. The summed E-state index contributed by atoms with van der Waals surface area (Å²) in [5.41, 5.74) is 1.24. The molecule has 0 radical (unpaired) electrons. The number of benzene rings is 1. The van der Waals surface area contributed by atoms with Gasteiger partial charge in [0.15, 0.2) is 0 Å². The Kier molecular flexibility index (Phi) is 3.74. The number of para-hydroxylation sites is 1. The van der Waals surface area contributed by atoms with Gasteiger partial charge in [0.2, 0.25) is 0 Å². The minimum atomic E-state index is 0.167. The highest BCUT2D eigenvalue weighted by Crippen LogP contribution is 2.21. The number of thiophene rings is 1. The summed E-state index contributed by atoms with van der Waals surface area (Å²) < 4.78 is 0. The first-order valence-electron chi connectivity index (χ1n) is 6.90. The lowest BCUT2D eigenvalue weighted by atomic mass is 10.1. The molecule has 0 saturated carbocycles. The highest BCUT2D eigenvalue weighted by atomic mass is 32.1. The van der Waals surface area contributed by atoms with Crippen LogP contribution in [0.5, 0.6) is 0 Å². The van der Waals surface area contributed by atoms with Gasteiger partial charge >= 0.3 is 0 Å². The number of rotatable bonds is 2. The Bertz CT molecular complexity index is 567. The lowest BCUT2D eigenvalue weighted by Gasteiger charge is -2.40. The van der Waals surface area contributed by atoms with E-state index in [1.54, 1.807) is 0 Å². The van der Waals surface area contributed by atoms with Crippen LogP contribution in [0.3, 0.4) is 0 Å². The van der Waals surface area contributed by atoms with Crippen LogP contribution >= 0.6 is 11.3 Å². The fourth-order valence-corrected chi connectivity index (χ4v) is 3.35. The molecule has 3 rings (SSSR count). The molecule has 2 heterocycles. The third-order valence-electron chi connectivity index (χ3n) is 3.74. The monoisotopic (exact) mass is 286 g/mol. The molecule has 3 nitrogen and oxygen atoms in total. The van der Waals surface area contributed by atoms with Crippen LogP contribution in [0.15, 0.2) is 47.8 Å². The summed E-state index contributed by atoms with van der Waals surface area (Å²) in [6.07, 6.45) is 0. The maximum absolute atomic E-state index is 12.4. The van der Waals surface area contributed by atoms with Crippen LogP contribution in [-0.4, -0.2) is 36.5 Å². The minimum absolute atomic E-state index is 0.167. The molecule has 0 spiro atoms. The van der Waals surface area contributed by atoms with E-state index in [-0.39, 0.29) is 11.9 Å². The molecule has 0 N–H and O–H groups in total. The van der Waals surface area contributed by atoms with Gasteiger partial charge in [-0.25, -0.2) is 0 Å². The van der Waals surface area contributed by atoms with Gasteiger partial charge in [0, 0.05) is 31.4 Å². The van der Waals surface area contributed by atoms with Gasteiger partial charge in [-0.2, -0.15) is 0 Å². The van der Waals surface area contributed by atoms with E-state index in [9.17, 15) is 4.79 Å². The molecule has 0 bridgehead atoms. The van der Waals surface area contributed by atoms with Crippen molar-refractivity contribution in [2.45, 2.75) is 13.0 Å². The first-order valence-corrected chi connectivity index (χ1v) is 7.78. The van der Waals surface area contributed by atoms with E-state index in [1.165, 1.54) is 17.0 Å². The predicted octanol–water partition coefficient (Wildman–Crippen LogP) is 3.10. The van der Waals surface area contributed by atoms with Gasteiger partial charge in [-0.3, -0.25) is 4.79 Å². The number of hydrogen-bond donors (Lipinski definition) is 0. The van der Waals surface area contributed by atoms with Crippen molar-refractivity contribution in [1.82, 2.24) is 4.90 Å². The second-order valence-corrected chi connectivity index (χ2v) is 6.05. The number of amides is 1. The maximum atomic E-state index is 12.4. The van der Waals surface area contributed by atoms with E-state index < -0.39 is 0 Å². The zero-order valence-corrected chi connectivity index (χ0v) is 12.3. The second-order valence-electron chi connectivity index (χ2n) is 5.11. The molecule has 4 heteroatoms. The van der Waals surface area contributed by atoms with E-state index in [1.807, 2.05) is 28.5 Å². The molecule has 1 atom stereocenters. The molecule has 20 heavy (non-hydrogen) atoms. The largest absolute Gasteiger partial charge is 0.368 e. The average Bonchev–Trinajstić information content (AvgIpc) is 3.01. The van der Waals surface area contributed by atoms with Crippen LogP contribution in [0.2, 0.25) is 0 Å². The minimum Gasteiger partial charge on any atom is -0.368 e. The third kappa shape index (κ3) is 2.56. The number of nitrogens with zero attached hydrogens (tertiary/aromatic N) is 2. The smallest absolute Gasteiger partial charge is 0.264 e. The summed E-state index contributed by atoms with van der Waals surface area (Å²) in [6.45, 7) is 4.69. The van der Waals surface area contributed by atoms with E-state index in [0.717, 1.165) is 24.5 Å². The van der Waals surface area contributed by atoms with Crippen molar-refractivity contribution < 1.29 is 4.79 Å². The second kappa shape index (κ2) is 5.67. The van der Waals surface area contributed by atoms with Gasteiger partial charge in [0.1, 0.15) is 0 Å². The van der Waals surface area contributed by atoms with Gasteiger partial charge in [0.05, 0.1) is 4.88 Å². The van der Waals surface area contributed by atoms with Crippen LogP contribution in [0.25, 0.3) is 0 Å². The van der Waals surface area contributed by atoms with Crippen LogP contribution < -0.4 is 4.90 Å². The summed E-state index contributed by atoms with van der Waals surface area (Å²) in [7, 11) is 0. The lowest BCUT2D eigenvalue weighted by Crippen LogP contribution is -2.54. The Morgan fingerprint density at radius 2 is 1.95 bits per heavy atom. The molecule has 0 aliphatic carbocycles. The van der Waals surface area contributed by atoms with Crippen molar-refractivity contribution in [1.29, 1.82) is 0 Å². The molecule has 104 valence electrons. The zero-order valence-electron chi connectivity index (χ0n) is 11.5. The van der Waals surface area contributed by atoms with Crippen molar-refractivity contribution in [2.75, 3.05) is 24.5 Å². The van der Waals surface area contributed by atoms with Crippen LogP contribution in [0.4, 0.5) is 5.69 Å². The number of piperazine rings is 1. The number of carbonyl (C=O) groups is 1. The molecule has 1 aliphatic heterocycles. The van der Waals surface area contributed by atoms with Crippen molar-refractivity contribution in [3.8, 4) is 0 Å². The fourth-order valence-electron chi connectivity index (χ4n) is 2.67. The Morgan fingerprint density at radius 1 is 1.15 bits per heavy atom. The van der Waals surface area contributed by atoms with E-state index in [0.29, 0.717) is 0 Å². The Hall–Kier alpha value is -1.81. The molecule has 1 saturated heterocycles. The van der Waals surface area contributed by atoms with Gasteiger partial charge in [-0.15, -0.1) is 11.3 Å². The van der Waals surface area contributed by atoms with E-state index >= 15 is 0 Å². The molecule has 1 amide bonds. The SMILES string of the molecule is CC1CN(c2ccccc2)CCN1C(=O)c1cccs1. The standard InChI is InChI=1S/C16H18N2OS/c1-13-12-17(14-6-3-2-4-7-14)9-10-18(13)16(19)15-8-5-11-20-15/h2-8,11,13H,9-10,12H2,1H3. The van der Waals surface area contributed by atoms with E-state index in [4.69, 9.17) is 0 Å². The van der Waals surface area contributed by atoms with Crippen LogP contribution in [0, 0.1) is 0 Å². The Labute approximate surface area is 123 Å². The number of anilines is 1. The summed E-state index contributed by atoms with van der Waals surface area (Å²) in [5.74, 6) is 0.167. The quantitative estimate of drug-likeness (QED) is 0.847. The topological polar surface area (TPSA) is 23.6 Å². The predicted molar refractivity (Wildman–Crippen MR) is 83.5 cm³/mol. The average molecular weight is 286 g/mol. The number of hydrogen-bond acceptors (Lipinski definition) is 3. The van der Waals surface area contributed by atoms with Gasteiger partial charge in [0.25, 0.3) is 5.91 Å². The van der Waals surface area contributed by atoms with Crippen molar-refractivity contribution in [2.24, 2.45) is 0 Å². The highest BCUT2D eigenvalue weighted by Gasteiger charge is 2.28. The summed E-state index contributed by atoms with van der Waals surface area (Å²) in [4.78, 5) is 17.6. The molecule has 1 aromatic carbocycles. The normalized spacial score (nSPS) is 19.1. The third-order valence-corrected chi connectivity index (χ3v) is 4.60. The summed E-state index contributed by atoms with van der Waals surface area (Å²) >= 11 is 1.52. The molecule has 2 aromatic rings. The number of carbonyl (C=O) groups excluding carboxylic acids is 1. The molecule has 1 aliphatic rings. The summed E-state index contributed by atoms with van der Waals surface area (Å²) in [6, 6.07) is 14.5. The highest BCUT2D eigenvalue weighted by molar-refractivity contribution is 7.12. The van der Waals surface area contributed by atoms with Crippen molar-refractivity contribution in [3.05, 3.63) is 52.7 Å². The maximum Gasteiger partial charge on any atom is 0.264 e. The Morgan fingerprint density at radius 3 is 2.60 bits per heavy atom. The van der Waals surface area contributed by atoms with Gasteiger partial charge < -0.3 is 9.80 Å². The van der Waals surface area contributed by atoms with Crippen LogP contribution in [0.1, 0.15) is 16.6 Å². The van der Waals surface area contributed by atoms with Gasteiger partial charge in [-0.05, 0) is 30.5 Å². The van der Waals surface area contributed by atoms with Gasteiger partial charge in [-0.1, -0.05) is 24.3 Å². The molecular weight excluding hydrogens is 268 g/mol. The van der Waals surface area contributed by atoms with E-state index in [2.05, 4.69) is 36.1 Å². The first-order chi connectivity index (χ1) is 9.75. The van der Waals surface area contributed by atoms with Crippen molar-refractivity contribution >= 4 is 22.9 Å². The molecule has 1 aromatic heterocycles.